The lowest BCUT2D eigenvalue weighted by atomic mass is 10.1. The van der Waals surface area contributed by atoms with E-state index >= 15 is 0 Å². The number of rotatable bonds is 4. The van der Waals surface area contributed by atoms with E-state index in [-0.39, 0.29) is 5.91 Å². The molecule has 1 aliphatic heterocycles. The van der Waals surface area contributed by atoms with Crippen molar-refractivity contribution in [1.29, 1.82) is 0 Å². The van der Waals surface area contributed by atoms with Crippen molar-refractivity contribution in [1.82, 2.24) is 0 Å². The molecule has 0 aromatic heterocycles. The minimum atomic E-state index is -0.0350. The monoisotopic (exact) mass is 407 g/mol. The average Bonchev–Trinajstić information content (AvgIpc) is 2.72. The van der Waals surface area contributed by atoms with Gasteiger partial charge in [-0.3, -0.25) is 4.79 Å². The first kappa shape index (κ1) is 23.3. The Bertz CT molecular complexity index is 794. The summed E-state index contributed by atoms with van der Waals surface area (Å²) in [6.07, 6.45) is 0. The molecule has 1 amide bonds. The number of nitrogens with zero attached hydrogens (tertiary/aromatic N) is 1. The van der Waals surface area contributed by atoms with Crippen LogP contribution in [0.15, 0.2) is 54.6 Å². The molecule has 2 aromatic rings. The van der Waals surface area contributed by atoms with Crippen molar-refractivity contribution in [3.63, 3.8) is 0 Å². The first-order valence-corrected chi connectivity index (χ1v) is 8.71. The van der Waals surface area contributed by atoms with Gasteiger partial charge >= 0.3 is 0 Å². The van der Waals surface area contributed by atoms with Crippen molar-refractivity contribution in [2.24, 2.45) is 0 Å². The smallest absolute Gasteiger partial charge is 0.255 e. The summed E-state index contributed by atoms with van der Waals surface area (Å²) in [4.78, 5) is 13.1. The average molecular weight is 408 g/mol. The minimum absolute atomic E-state index is 0.0350. The van der Waals surface area contributed by atoms with Gasteiger partial charge in [0.25, 0.3) is 5.91 Å². The first-order chi connectivity index (χ1) is 13.4. The summed E-state index contributed by atoms with van der Waals surface area (Å²) in [5, 5.41) is 0.653. The number of carbonyl (C=O) groups excluding carboxylic acids is 1. The summed E-state index contributed by atoms with van der Waals surface area (Å²) in [5.41, 5.74) is 1.44. The van der Waals surface area contributed by atoms with Crippen molar-refractivity contribution in [2.75, 3.05) is 47.0 Å². The van der Waals surface area contributed by atoms with Crippen LogP contribution < -0.4 is 19.1 Å². The summed E-state index contributed by atoms with van der Waals surface area (Å²) in [7, 11) is 7.99. The summed E-state index contributed by atoms with van der Waals surface area (Å²) < 4.78 is 19.5. The molecule has 7 heteroatoms. The molecule has 3 rings (SSSR count). The number of hydrogen-bond acceptors (Lipinski definition) is 5. The SMILES string of the molecule is C=C1CN(c2ccc(OC)c(OC)c2)C1=O.COC.COc1ccccc1Cl. The first-order valence-electron chi connectivity index (χ1n) is 8.33. The Labute approximate surface area is 171 Å². The normalized spacial score (nSPS) is 12.0. The predicted molar refractivity (Wildman–Crippen MR) is 112 cm³/mol. The zero-order chi connectivity index (χ0) is 21.1. The predicted octanol–water partition coefficient (Wildman–Crippen LogP) is 4.22. The molecule has 0 aliphatic carbocycles. The fraction of sp³-hybridized carbons (Fsp3) is 0.286. The summed E-state index contributed by atoms with van der Waals surface area (Å²) in [6.45, 7) is 4.22. The van der Waals surface area contributed by atoms with Crippen LogP contribution in [0.1, 0.15) is 0 Å². The number of β-lactam (4-membered cyclic amide) rings is 1. The largest absolute Gasteiger partial charge is 0.495 e. The second-order valence-corrected chi connectivity index (χ2v) is 5.98. The Morgan fingerprint density at radius 1 is 0.893 bits per heavy atom. The third kappa shape index (κ3) is 6.18. The van der Waals surface area contributed by atoms with Gasteiger partial charge in [-0.05, 0) is 24.3 Å². The highest BCUT2D eigenvalue weighted by Gasteiger charge is 2.30. The van der Waals surface area contributed by atoms with Crippen molar-refractivity contribution in [3.8, 4) is 17.2 Å². The van der Waals surface area contributed by atoms with Crippen LogP contribution in [-0.4, -0.2) is 48.0 Å². The molecule has 0 spiro atoms. The van der Waals surface area contributed by atoms with Crippen LogP contribution in [0.2, 0.25) is 5.02 Å². The third-order valence-corrected chi connectivity index (χ3v) is 3.94. The molecule has 0 N–H and O–H groups in total. The number of benzene rings is 2. The highest BCUT2D eigenvalue weighted by atomic mass is 35.5. The molecule has 0 atom stereocenters. The molecule has 1 fully saturated rings. The number of methoxy groups -OCH3 is 4. The van der Waals surface area contributed by atoms with Gasteiger partial charge in [0.1, 0.15) is 5.75 Å². The highest BCUT2D eigenvalue weighted by Crippen LogP contribution is 2.34. The maximum atomic E-state index is 11.5. The van der Waals surface area contributed by atoms with Crippen LogP contribution in [-0.2, 0) is 9.53 Å². The molecule has 1 aliphatic rings. The maximum Gasteiger partial charge on any atom is 0.255 e. The lowest BCUT2D eigenvalue weighted by molar-refractivity contribution is -0.117. The number of para-hydroxylation sites is 1. The van der Waals surface area contributed by atoms with Crippen LogP contribution in [0.25, 0.3) is 0 Å². The highest BCUT2D eigenvalue weighted by molar-refractivity contribution is 6.32. The van der Waals surface area contributed by atoms with E-state index < -0.39 is 0 Å². The maximum absolute atomic E-state index is 11.5. The molecule has 1 saturated heterocycles. The quantitative estimate of drug-likeness (QED) is 0.561. The van der Waals surface area contributed by atoms with Gasteiger partial charge in [-0.15, -0.1) is 0 Å². The third-order valence-electron chi connectivity index (χ3n) is 3.63. The lowest BCUT2D eigenvalue weighted by Crippen LogP contribution is -2.45. The van der Waals surface area contributed by atoms with E-state index in [1.165, 1.54) is 0 Å². The number of ether oxygens (including phenoxy) is 4. The van der Waals surface area contributed by atoms with Crippen molar-refractivity contribution >= 4 is 23.2 Å². The van der Waals surface area contributed by atoms with E-state index in [0.717, 1.165) is 11.4 Å². The van der Waals surface area contributed by atoms with Crippen molar-refractivity contribution in [3.05, 3.63) is 59.6 Å². The van der Waals surface area contributed by atoms with Gasteiger partial charge in [-0.1, -0.05) is 30.3 Å². The van der Waals surface area contributed by atoms with Gasteiger partial charge in [-0.2, -0.15) is 0 Å². The molecule has 0 unspecified atom stereocenters. The number of hydrogen-bond donors (Lipinski definition) is 0. The standard InChI is InChI=1S/C12H13NO3.C7H7ClO.C2H6O/c1-8-7-13(12(8)14)9-4-5-10(15-2)11(6-9)16-3;1-9-7-5-3-2-4-6(7)8;1-3-2/h4-6H,1,7H2,2-3H3;2-5H,1H3;1-2H3. The Morgan fingerprint density at radius 2 is 1.46 bits per heavy atom. The second kappa shape index (κ2) is 11.9. The van der Waals surface area contributed by atoms with Crippen LogP contribution in [0.4, 0.5) is 5.69 Å². The Balaban J connectivity index is 0.000000276. The molecule has 28 heavy (non-hydrogen) atoms. The molecule has 0 saturated carbocycles. The van der Waals surface area contributed by atoms with E-state index in [0.29, 0.717) is 28.6 Å². The van der Waals surface area contributed by atoms with E-state index in [4.69, 9.17) is 25.8 Å². The van der Waals surface area contributed by atoms with E-state index in [9.17, 15) is 4.79 Å². The van der Waals surface area contributed by atoms with Gasteiger partial charge in [0.2, 0.25) is 0 Å². The van der Waals surface area contributed by atoms with Crippen molar-refractivity contribution in [2.45, 2.75) is 0 Å². The van der Waals surface area contributed by atoms with E-state index in [2.05, 4.69) is 11.3 Å². The number of amides is 1. The second-order valence-electron chi connectivity index (χ2n) is 5.58. The number of halogens is 1. The topological polar surface area (TPSA) is 57.2 Å². The molecule has 152 valence electrons. The van der Waals surface area contributed by atoms with Gasteiger partial charge in [-0.25, -0.2) is 0 Å². The fourth-order valence-corrected chi connectivity index (χ4v) is 2.45. The summed E-state index contributed by atoms with van der Waals surface area (Å²) in [5.74, 6) is 1.95. The zero-order valence-corrected chi connectivity index (χ0v) is 17.6. The van der Waals surface area contributed by atoms with Crippen LogP contribution >= 0.6 is 11.6 Å². The van der Waals surface area contributed by atoms with Gasteiger partial charge in [0.05, 0.1) is 32.9 Å². The Hall–Kier alpha value is -2.70. The molecule has 0 bridgehead atoms. The Kier molecular flexibility index (Phi) is 9.92. The van der Waals surface area contributed by atoms with Crippen LogP contribution in [0.5, 0.6) is 17.2 Å². The Morgan fingerprint density at radius 3 is 1.89 bits per heavy atom. The summed E-state index contributed by atoms with van der Waals surface area (Å²) in [6, 6.07) is 12.7. The van der Waals surface area contributed by atoms with Crippen molar-refractivity contribution < 1.29 is 23.7 Å². The minimum Gasteiger partial charge on any atom is -0.495 e. The molecule has 1 heterocycles. The molecular weight excluding hydrogens is 382 g/mol. The van der Waals surface area contributed by atoms with Crippen LogP contribution in [0, 0.1) is 0 Å². The van der Waals surface area contributed by atoms with E-state index in [1.54, 1.807) is 58.6 Å². The molecule has 6 nitrogen and oxygen atoms in total. The number of carbonyl (C=O) groups is 1. The fourth-order valence-electron chi connectivity index (χ4n) is 2.24. The molecule has 2 aromatic carbocycles. The molecular formula is C21H26ClNO5. The lowest BCUT2D eigenvalue weighted by Gasteiger charge is -2.32. The summed E-state index contributed by atoms with van der Waals surface area (Å²) >= 11 is 5.70. The molecule has 0 radical (unpaired) electrons. The van der Waals surface area contributed by atoms with Gasteiger partial charge in [0, 0.05) is 31.5 Å². The zero-order valence-electron chi connectivity index (χ0n) is 16.8. The van der Waals surface area contributed by atoms with Gasteiger partial charge in [0.15, 0.2) is 11.5 Å². The number of anilines is 1. The van der Waals surface area contributed by atoms with Crippen LogP contribution in [0.3, 0.4) is 0 Å². The van der Waals surface area contributed by atoms with E-state index in [1.807, 2.05) is 24.3 Å². The van der Waals surface area contributed by atoms with Gasteiger partial charge < -0.3 is 23.8 Å².